The van der Waals surface area contributed by atoms with Gasteiger partial charge >= 0.3 is 6.03 Å². The van der Waals surface area contributed by atoms with Crippen LogP contribution >= 0.6 is 22.6 Å². The number of nitrogens with two attached hydrogens (primary N) is 2. The third-order valence-electron chi connectivity index (χ3n) is 0.412. The highest BCUT2D eigenvalue weighted by Gasteiger charge is 1.96. The molecule has 0 rings (SSSR count). The zero-order chi connectivity index (χ0) is 5.86. The molecular formula is C2H6IN3O. The summed E-state index contributed by atoms with van der Waals surface area (Å²) in [5, 5.41) is 0.917. The summed E-state index contributed by atoms with van der Waals surface area (Å²) < 4.78 is 0.424. The molecule has 0 atom stereocenters. The monoisotopic (exact) mass is 215 g/mol. The van der Waals surface area contributed by atoms with E-state index < -0.39 is 6.03 Å². The normalized spacial score (nSPS) is 8.29. The van der Waals surface area contributed by atoms with Gasteiger partial charge in [-0.05, 0) is 0 Å². The van der Waals surface area contributed by atoms with Crippen LogP contribution < -0.4 is 11.6 Å². The van der Waals surface area contributed by atoms with Gasteiger partial charge in [-0.15, -0.1) is 0 Å². The Morgan fingerprint density at radius 1 is 1.86 bits per heavy atom. The summed E-state index contributed by atoms with van der Waals surface area (Å²) >= 11 is 1.93. The summed E-state index contributed by atoms with van der Waals surface area (Å²) in [5.74, 6) is 4.97. The number of carbonyl (C=O) groups is 1. The maximum Gasteiger partial charge on any atom is 0.329 e. The van der Waals surface area contributed by atoms with Crippen LogP contribution in [-0.4, -0.2) is 15.6 Å². The van der Waals surface area contributed by atoms with Crippen molar-refractivity contribution >= 4 is 28.6 Å². The smallest absolute Gasteiger partial charge is 0.329 e. The predicted octanol–water partition coefficient (Wildman–Crippen LogP) is -0.367. The van der Waals surface area contributed by atoms with Gasteiger partial charge in [-0.3, -0.25) is 5.01 Å². The van der Waals surface area contributed by atoms with Crippen LogP contribution in [0.1, 0.15) is 0 Å². The third kappa shape index (κ3) is 2.63. The van der Waals surface area contributed by atoms with Crippen molar-refractivity contribution in [3.8, 4) is 0 Å². The first-order chi connectivity index (χ1) is 3.18. The van der Waals surface area contributed by atoms with Crippen molar-refractivity contribution in [1.82, 2.24) is 5.01 Å². The Morgan fingerprint density at radius 2 is 2.29 bits per heavy atom. The van der Waals surface area contributed by atoms with E-state index in [1.165, 1.54) is 0 Å². The molecule has 0 aromatic heterocycles. The fraction of sp³-hybridized carbons (Fsp3) is 0.500. The number of primary amides is 1. The minimum atomic E-state index is -0.602. The van der Waals surface area contributed by atoms with Crippen molar-refractivity contribution in [2.45, 2.75) is 0 Å². The Balaban J connectivity index is 3.34. The molecule has 4 N–H and O–H groups in total. The second-order valence-corrected chi connectivity index (χ2v) is 1.61. The number of alkyl halides is 1. The van der Waals surface area contributed by atoms with E-state index in [1.807, 2.05) is 22.6 Å². The molecule has 7 heavy (non-hydrogen) atoms. The highest BCUT2D eigenvalue weighted by molar-refractivity contribution is 14.1. The molecule has 0 bridgehead atoms. The highest BCUT2D eigenvalue weighted by atomic mass is 127. The molecule has 0 saturated carbocycles. The fourth-order valence-electron chi connectivity index (χ4n) is 0.0589. The Morgan fingerprint density at radius 3 is 2.29 bits per heavy atom. The summed E-state index contributed by atoms with van der Waals surface area (Å²) in [5.41, 5.74) is 4.70. The van der Waals surface area contributed by atoms with Crippen molar-refractivity contribution in [2.24, 2.45) is 11.6 Å². The number of rotatable bonds is 1. The summed E-state index contributed by atoms with van der Waals surface area (Å²) in [4.78, 5) is 9.95. The van der Waals surface area contributed by atoms with Crippen LogP contribution in [0.4, 0.5) is 4.79 Å². The van der Waals surface area contributed by atoms with Crippen LogP contribution in [0, 0.1) is 0 Å². The Bertz CT molecular complexity index is 75.3. The van der Waals surface area contributed by atoms with Crippen LogP contribution in [0.5, 0.6) is 0 Å². The van der Waals surface area contributed by atoms with Crippen molar-refractivity contribution < 1.29 is 4.79 Å². The van der Waals surface area contributed by atoms with Gasteiger partial charge in [-0.25, -0.2) is 10.6 Å². The van der Waals surface area contributed by atoms with E-state index in [-0.39, 0.29) is 0 Å². The average molecular weight is 215 g/mol. The quantitative estimate of drug-likeness (QED) is 0.156. The van der Waals surface area contributed by atoms with Gasteiger partial charge < -0.3 is 5.73 Å². The topological polar surface area (TPSA) is 72.4 Å². The van der Waals surface area contributed by atoms with Crippen molar-refractivity contribution in [3.63, 3.8) is 0 Å². The number of nitrogens with zero attached hydrogens (tertiary/aromatic N) is 1. The molecule has 42 valence electrons. The van der Waals surface area contributed by atoms with Crippen LogP contribution in [0.15, 0.2) is 0 Å². The summed E-state index contributed by atoms with van der Waals surface area (Å²) in [6, 6.07) is -0.602. The Kier molecular flexibility index (Phi) is 3.01. The molecule has 0 aliphatic carbocycles. The summed E-state index contributed by atoms with van der Waals surface area (Å²) in [7, 11) is 0. The molecule has 0 radical (unpaired) electrons. The molecule has 0 aromatic rings. The molecular weight excluding hydrogens is 209 g/mol. The largest absolute Gasteiger partial charge is 0.350 e. The third-order valence-corrected chi connectivity index (χ3v) is 1.15. The Hall–Kier alpha value is -0.0400. The molecule has 0 aliphatic heterocycles. The lowest BCUT2D eigenvalue weighted by atomic mass is 11.0. The zero-order valence-corrected chi connectivity index (χ0v) is 5.75. The first-order valence-electron chi connectivity index (χ1n) is 1.56. The predicted molar refractivity (Wildman–Crippen MR) is 34.5 cm³/mol. The van der Waals surface area contributed by atoms with Crippen molar-refractivity contribution in [3.05, 3.63) is 0 Å². The van der Waals surface area contributed by atoms with E-state index >= 15 is 0 Å². The molecule has 0 unspecified atom stereocenters. The van der Waals surface area contributed by atoms with Crippen LogP contribution in [-0.2, 0) is 0 Å². The van der Waals surface area contributed by atoms with E-state index in [0.717, 1.165) is 5.01 Å². The van der Waals surface area contributed by atoms with Gasteiger partial charge in [0.15, 0.2) is 0 Å². The lowest BCUT2D eigenvalue weighted by Crippen LogP contribution is -2.39. The molecule has 0 fully saturated rings. The molecule has 5 heteroatoms. The Labute approximate surface area is 54.9 Å². The number of carbonyl (C=O) groups excluding carboxylic acids is 1. The standard InChI is InChI=1S/C2H6IN3O/c3-1-6(5)2(4)7/h1,5H2,(H2,4,7). The number of urea groups is 1. The van der Waals surface area contributed by atoms with Crippen molar-refractivity contribution in [1.29, 1.82) is 0 Å². The molecule has 0 saturated heterocycles. The van der Waals surface area contributed by atoms with Crippen LogP contribution in [0.2, 0.25) is 0 Å². The second-order valence-electron chi connectivity index (χ2n) is 0.928. The highest BCUT2D eigenvalue weighted by Crippen LogP contribution is 1.82. The second kappa shape index (κ2) is 3.03. The van der Waals surface area contributed by atoms with Gasteiger partial charge in [0.25, 0.3) is 0 Å². The summed E-state index contributed by atoms with van der Waals surface area (Å²) in [6.07, 6.45) is 0. The molecule has 0 aromatic carbocycles. The van der Waals surface area contributed by atoms with Gasteiger partial charge in [-0.1, -0.05) is 22.6 Å². The molecule has 0 spiro atoms. The molecule has 2 amide bonds. The van der Waals surface area contributed by atoms with Gasteiger partial charge in [0.2, 0.25) is 0 Å². The molecule has 0 aliphatic rings. The maximum atomic E-state index is 9.95. The number of hydrogen-bond acceptors (Lipinski definition) is 2. The van der Waals surface area contributed by atoms with Gasteiger partial charge in [0.1, 0.15) is 0 Å². The average Bonchev–Trinajstić information content (AvgIpc) is 1.65. The van der Waals surface area contributed by atoms with E-state index in [1.54, 1.807) is 0 Å². The minimum Gasteiger partial charge on any atom is -0.350 e. The maximum absolute atomic E-state index is 9.95. The number of hydrazine groups is 1. The molecule has 0 heterocycles. The first-order valence-corrected chi connectivity index (χ1v) is 3.08. The fourth-order valence-corrected chi connectivity index (χ4v) is 0.395. The molecule has 4 nitrogen and oxygen atoms in total. The van der Waals surface area contributed by atoms with E-state index in [4.69, 9.17) is 11.6 Å². The van der Waals surface area contributed by atoms with Crippen LogP contribution in [0.3, 0.4) is 0 Å². The van der Waals surface area contributed by atoms with E-state index in [0.29, 0.717) is 4.55 Å². The lowest BCUT2D eigenvalue weighted by Gasteiger charge is -2.06. The van der Waals surface area contributed by atoms with Gasteiger partial charge in [0.05, 0.1) is 4.55 Å². The van der Waals surface area contributed by atoms with E-state index in [9.17, 15) is 4.79 Å². The number of halogens is 1. The first kappa shape index (κ1) is 6.96. The zero-order valence-electron chi connectivity index (χ0n) is 3.60. The van der Waals surface area contributed by atoms with Crippen LogP contribution in [0.25, 0.3) is 0 Å². The van der Waals surface area contributed by atoms with Gasteiger partial charge in [-0.2, -0.15) is 0 Å². The number of amides is 2. The lowest BCUT2D eigenvalue weighted by molar-refractivity contribution is 0.218. The van der Waals surface area contributed by atoms with Gasteiger partial charge in [0, 0.05) is 0 Å². The van der Waals surface area contributed by atoms with Crippen molar-refractivity contribution in [2.75, 3.05) is 4.55 Å². The minimum absolute atomic E-state index is 0.424. The van der Waals surface area contributed by atoms with E-state index in [2.05, 4.69) is 0 Å². The number of hydrogen-bond donors (Lipinski definition) is 2. The summed E-state index contributed by atoms with van der Waals surface area (Å²) in [6.45, 7) is 0. The SMILES string of the molecule is NC(=O)N(N)CI.